The van der Waals surface area contributed by atoms with E-state index in [9.17, 15) is 18.0 Å². The molecule has 2 N–H and O–H groups in total. The molecule has 0 spiro atoms. The number of rotatable bonds is 3. The molecule has 2 rings (SSSR count). The molecule has 6 nitrogen and oxygen atoms in total. The molecular weight excluding hydrogens is 347 g/mol. The van der Waals surface area contributed by atoms with Gasteiger partial charge in [-0.1, -0.05) is 0 Å². The van der Waals surface area contributed by atoms with Crippen LogP contribution in [0, 0.1) is 0 Å². The Morgan fingerprint density at radius 3 is 2.75 bits per heavy atom. The van der Waals surface area contributed by atoms with Crippen LogP contribution in [0.1, 0.15) is 5.69 Å². The molecule has 0 aliphatic rings. The lowest BCUT2D eigenvalue weighted by Gasteiger charge is -2.11. The van der Waals surface area contributed by atoms with Gasteiger partial charge in [-0.25, -0.2) is 10.1 Å². The number of hydrogen-bond donors (Lipinski definition) is 2. The van der Waals surface area contributed by atoms with Gasteiger partial charge in [-0.2, -0.15) is 18.3 Å². The Morgan fingerprint density at radius 1 is 1.45 bits per heavy atom. The minimum Gasteiger partial charge on any atom is -0.467 e. The van der Waals surface area contributed by atoms with Gasteiger partial charge < -0.3 is 9.84 Å². The summed E-state index contributed by atoms with van der Waals surface area (Å²) in [7, 11) is 0. The van der Waals surface area contributed by atoms with Crippen LogP contribution in [-0.4, -0.2) is 33.1 Å². The molecular formula is C10H7BrF3N3O3. The van der Waals surface area contributed by atoms with E-state index in [1.54, 1.807) is 0 Å². The highest BCUT2D eigenvalue weighted by Crippen LogP contribution is 2.27. The number of hydrogen-bond acceptors (Lipinski definition) is 5. The normalized spacial score (nSPS) is 11.8. The number of pyridine rings is 1. The molecule has 108 valence electrons. The van der Waals surface area contributed by atoms with Gasteiger partial charge in [0, 0.05) is 5.39 Å². The summed E-state index contributed by atoms with van der Waals surface area (Å²) in [4.78, 5) is 15.4. The first-order valence-electron chi connectivity index (χ1n) is 5.20. The zero-order valence-electron chi connectivity index (χ0n) is 9.66. The van der Waals surface area contributed by atoms with Crippen LogP contribution in [0.5, 0.6) is 5.88 Å². The predicted molar refractivity (Wildman–Crippen MR) is 65.3 cm³/mol. The van der Waals surface area contributed by atoms with Gasteiger partial charge in [0.05, 0.1) is 12.3 Å². The van der Waals surface area contributed by atoms with Crippen molar-refractivity contribution in [2.45, 2.75) is 12.8 Å². The zero-order valence-corrected chi connectivity index (χ0v) is 11.2. The Labute approximate surface area is 117 Å². The Bertz CT molecular complexity index is 702. The fraction of sp³-hybridized carbons (Fsp3) is 0.300. The van der Waals surface area contributed by atoms with E-state index in [-0.39, 0.29) is 21.1 Å². The van der Waals surface area contributed by atoms with Crippen LogP contribution in [0.4, 0.5) is 13.2 Å². The highest BCUT2D eigenvalue weighted by atomic mass is 79.9. The van der Waals surface area contributed by atoms with Crippen molar-refractivity contribution in [2.75, 3.05) is 6.61 Å². The Kier molecular flexibility index (Phi) is 3.95. The monoisotopic (exact) mass is 353 g/mol. The first-order valence-corrected chi connectivity index (χ1v) is 5.99. The van der Waals surface area contributed by atoms with Crippen molar-refractivity contribution in [1.29, 1.82) is 0 Å². The average Bonchev–Trinajstić information content (AvgIpc) is 2.35. The van der Waals surface area contributed by atoms with E-state index < -0.39 is 30.8 Å². The largest absolute Gasteiger partial charge is 0.467 e. The van der Waals surface area contributed by atoms with Crippen molar-refractivity contribution in [3.8, 4) is 5.88 Å². The maximum Gasteiger partial charge on any atom is 0.422 e. The molecule has 0 saturated heterocycles. The summed E-state index contributed by atoms with van der Waals surface area (Å²) in [6.45, 7) is -2.08. The number of H-pyrrole nitrogens is 1. The topological polar surface area (TPSA) is 88.1 Å². The van der Waals surface area contributed by atoms with Crippen LogP contribution in [-0.2, 0) is 6.61 Å². The molecule has 20 heavy (non-hydrogen) atoms. The number of nitrogens with one attached hydrogen (secondary N) is 1. The van der Waals surface area contributed by atoms with Crippen LogP contribution in [0.25, 0.3) is 10.8 Å². The minimum atomic E-state index is -4.56. The molecule has 2 heterocycles. The van der Waals surface area contributed by atoms with Crippen LogP contribution in [0.15, 0.2) is 15.5 Å². The molecule has 0 fully saturated rings. The highest BCUT2D eigenvalue weighted by molar-refractivity contribution is 9.10. The Morgan fingerprint density at radius 2 is 2.15 bits per heavy atom. The standard InChI is InChI=1S/C10H7BrF3N3O3/c11-6-1-4-5(2-18)16-17-8(19)7(4)9(15-6)20-3-10(12,13)14/h1,18H,2-3H2,(H,17,19). The van der Waals surface area contributed by atoms with Crippen LogP contribution in [0.3, 0.4) is 0 Å². The zero-order chi connectivity index (χ0) is 14.9. The van der Waals surface area contributed by atoms with Gasteiger partial charge in [-0.3, -0.25) is 4.79 Å². The Balaban J connectivity index is 2.62. The minimum absolute atomic E-state index is 0.0968. The summed E-state index contributed by atoms with van der Waals surface area (Å²) < 4.78 is 41.3. The van der Waals surface area contributed by atoms with Crippen LogP contribution >= 0.6 is 15.9 Å². The molecule has 0 aromatic carbocycles. The molecule has 0 aliphatic carbocycles. The van der Waals surface area contributed by atoms with Crippen molar-refractivity contribution in [3.63, 3.8) is 0 Å². The van der Waals surface area contributed by atoms with E-state index >= 15 is 0 Å². The van der Waals surface area contributed by atoms with Crippen molar-refractivity contribution >= 4 is 26.7 Å². The molecule has 0 unspecified atom stereocenters. The quantitative estimate of drug-likeness (QED) is 0.816. The van der Waals surface area contributed by atoms with Crippen LogP contribution < -0.4 is 10.3 Å². The number of aromatic nitrogens is 3. The Hall–Kier alpha value is -1.68. The van der Waals surface area contributed by atoms with E-state index in [1.165, 1.54) is 6.07 Å². The number of fused-ring (bicyclic) bond motifs is 1. The second-order valence-electron chi connectivity index (χ2n) is 3.73. The summed E-state index contributed by atoms with van der Waals surface area (Å²) in [5.74, 6) is -0.481. The summed E-state index contributed by atoms with van der Waals surface area (Å²) in [5.41, 5.74) is -0.658. The number of alkyl halides is 3. The molecule has 0 amide bonds. The summed E-state index contributed by atoms with van der Waals surface area (Å²) in [6, 6.07) is 1.36. The van der Waals surface area contributed by atoms with Gasteiger partial charge >= 0.3 is 6.18 Å². The number of aliphatic hydroxyl groups excluding tert-OH is 1. The lowest BCUT2D eigenvalue weighted by atomic mass is 10.2. The molecule has 0 atom stereocenters. The average molecular weight is 354 g/mol. The number of ether oxygens (including phenoxy) is 1. The molecule has 2 aromatic rings. The second kappa shape index (κ2) is 5.37. The number of nitrogens with zero attached hydrogens (tertiary/aromatic N) is 2. The van der Waals surface area contributed by atoms with Gasteiger partial charge in [0.25, 0.3) is 5.56 Å². The van der Waals surface area contributed by atoms with E-state index in [4.69, 9.17) is 5.11 Å². The molecule has 2 aromatic heterocycles. The lowest BCUT2D eigenvalue weighted by molar-refractivity contribution is -0.153. The van der Waals surface area contributed by atoms with E-state index in [1.807, 2.05) is 0 Å². The SMILES string of the molecule is O=c1[nH]nc(CO)c2cc(Br)nc(OCC(F)(F)F)c12. The third-order valence-electron chi connectivity index (χ3n) is 2.31. The first kappa shape index (κ1) is 14.7. The van der Waals surface area contributed by atoms with E-state index in [0.717, 1.165) is 0 Å². The summed E-state index contributed by atoms with van der Waals surface area (Å²) >= 11 is 3.00. The summed E-state index contributed by atoms with van der Waals surface area (Å²) in [6.07, 6.45) is -4.56. The molecule has 0 saturated carbocycles. The van der Waals surface area contributed by atoms with E-state index in [0.29, 0.717) is 0 Å². The number of halogens is 4. The van der Waals surface area contributed by atoms with Crippen molar-refractivity contribution in [2.24, 2.45) is 0 Å². The number of aromatic amines is 1. The van der Waals surface area contributed by atoms with E-state index in [2.05, 4.69) is 35.8 Å². The maximum atomic E-state index is 12.2. The van der Waals surface area contributed by atoms with Crippen LogP contribution in [0.2, 0.25) is 0 Å². The van der Waals surface area contributed by atoms with Crippen molar-refractivity contribution in [1.82, 2.24) is 15.2 Å². The van der Waals surface area contributed by atoms with Crippen molar-refractivity contribution in [3.05, 3.63) is 26.7 Å². The van der Waals surface area contributed by atoms with Gasteiger partial charge in [0.2, 0.25) is 5.88 Å². The molecule has 0 bridgehead atoms. The molecule has 10 heteroatoms. The first-order chi connectivity index (χ1) is 9.31. The van der Waals surface area contributed by atoms with Gasteiger partial charge in [-0.05, 0) is 22.0 Å². The van der Waals surface area contributed by atoms with Gasteiger partial charge in [-0.15, -0.1) is 0 Å². The third kappa shape index (κ3) is 3.07. The summed E-state index contributed by atoms with van der Waals surface area (Å²) in [5, 5.41) is 14.8. The van der Waals surface area contributed by atoms with Gasteiger partial charge in [0.15, 0.2) is 6.61 Å². The van der Waals surface area contributed by atoms with Gasteiger partial charge in [0.1, 0.15) is 9.99 Å². The predicted octanol–water partition coefficient (Wildman–Crippen LogP) is 1.51. The molecule has 0 radical (unpaired) electrons. The lowest BCUT2D eigenvalue weighted by Crippen LogP contribution is -2.21. The van der Waals surface area contributed by atoms with Crippen molar-refractivity contribution < 1.29 is 23.0 Å². The second-order valence-corrected chi connectivity index (χ2v) is 4.55. The fourth-order valence-electron chi connectivity index (χ4n) is 1.55. The smallest absolute Gasteiger partial charge is 0.422 e. The number of aliphatic hydroxyl groups is 1. The maximum absolute atomic E-state index is 12.2. The third-order valence-corrected chi connectivity index (χ3v) is 2.71. The fourth-order valence-corrected chi connectivity index (χ4v) is 1.94. The highest BCUT2D eigenvalue weighted by Gasteiger charge is 2.29. The molecule has 0 aliphatic heterocycles.